The van der Waals surface area contributed by atoms with Gasteiger partial charge >= 0.3 is 0 Å². The number of rotatable bonds is 1. The van der Waals surface area contributed by atoms with Gasteiger partial charge in [-0.05, 0) is 18.6 Å². The first kappa shape index (κ1) is 6.02. The Morgan fingerprint density at radius 3 is 2.88 bits per heavy atom. The lowest BCUT2D eigenvalue weighted by atomic mass is 10.1. The van der Waals surface area contributed by atoms with E-state index in [4.69, 9.17) is 17.0 Å². The first-order valence-electron chi connectivity index (χ1n) is 2.98. The van der Waals surface area contributed by atoms with Gasteiger partial charge in [-0.25, -0.2) is 0 Å². The molecular weight excluding hydrogens is 120 g/mol. The Kier molecular flexibility index (Phi) is 1.84. The van der Waals surface area contributed by atoms with Gasteiger partial charge in [-0.3, -0.25) is 0 Å². The van der Waals surface area contributed by atoms with Crippen molar-refractivity contribution in [2.45, 2.75) is 19.8 Å². The lowest BCUT2D eigenvalue weighted by molar-refractivity contribution is 0.301. The maximum absolute atomic E-state index is 5.09. The summed E-state index contributed by atoms with van der Waals surface area (Å²) in [6.07, 6.45) is 2.20. The van der Waals surface area contributed by atoms with E-state index in [2.05, 4.69) is 6.92 Å². The summed E-state index contributed by atoms with van der Waals surface area (Å²) in [5.74, 6) is 0.711. The van der Waals surface area contributed by atoms with E-state index in [-0.39, 0.29) is 0 Å². The van der Waals surface area contributed by atoms with Crippen molar-refractivity contribution >= 4 is 17.3 Å². The van der Waals surface area contributed by atoms with Gasteiger partial charge in [-0.15, -0.1) is 0 Å². The number of hydrogen-bond donors (Lipinski definition) is 0. The highest BCUT2D eigenvalue weighted by Gasteiger charge is 2.17. The molecule has 1 fully saturated rings. The fourth-order valence-corrected chi connectivity index (χ4v) is 1.13. The van der Waals surface area contributed by atoms with E-state index in [1.807, 2.05) is 0 Å². The Hall–Kier alpha value is -0.110. The zero-order valence-electron chi connectivity index (χ0n) is 5.02. The van der Waals surface area contributed by atoms with Gasteiger partial charge in [0.2, 0.25) is 0 Å². The molecule has 8 heavy (non-hydrogen) atoms. The van der Waals surface area contributed by atoms with Gasteiger partial charge in [0.05, 0.1) is 6.61 Å². The van der Waals surface area contributed by atoms with Crippen LogP contribution in [0.1, 0.15) is 19.8 Å². The molecule has 1 rings (SSSR count). The monoisotopic (exact) mass is 130 g/mol. The maximum Gasteiger partial charge on any atom is 0.160 e. The van der Waals surface area contributed by atoms with E-state index in [9.17, 15) is 0 Å². The molecule has 2 heteroatoms. The molecule has 0 aromatic carbocycles. The molecule has 1 aliphatic heterocycles. The smallest absolute Gasteiger partial charge is 0.160 e. The molecule has 0 aliphatic carbocycles. The molecule has 1 saturated heterocycles. The van der Waals surface area contributed by atoms with Crippen LogP contribution < -0.4 is 0 Å². The van der Waals surface area contributed by atoms with Crippen LogP contribution in [0.15, 0.2) is 0 Å². The van der Waals surface area contributed by atoms with Gasteiger partial charge in [0.15, 0.2) is 5.05 Å². The van der Waals surface area contributed by atoms with Crippen LogP contribution in [0.4, 0.5) is 0 Å². The van der Waals surface area contributed by atoms with Crippen molar-refractivity contribution < 1.29 is 4.74 Å². The zero-order chi connectivity index (χ0) is 5.98. The minimum absolute atomic E-state index is 0.711. The zero-order valence-corrected chi connectivity index (χ0v) is 5.83. The quantitative estimate of drug-likeness (QED) is 0.500. The third-order valence-corrected chi connectivity index (χ3v) is 1.80. The molecule has 1 heterocycles. The molecule has 0 amide bonds. The molecule has 0 bridgehead atoms. The molecular formula is C6H10OS. The first-order chi connectivity index (χ1) is 3.83. The topological polar surface area (TPSA) is 9.23 Å². The van der Waals surface area contributed by atoms with E-state index in [1.54, 1.807) is 0 Å². The SMILES string of the molecule is CCC1COC(=S)C1. The number of thiocarbonyl (C=S) groups is 1. The minimum Gasteiger partial charge on any atom is -0.487 e. The Morgan fingerprint density at radius 1 is 1.88 bits per heavy atom. The van der Waals surface area contributed by atoms with Crippen molar-refractivity contribution in [2.24, 2.45) is 5.92 Å². The van der Waals surface area contributed by atoms with Crippen LogP contribution in [-0.2, 0) is 4.74 Å². The second-order valence-electron chi connectivity index (χ2n) is 2.16. The summed E-state index contributed by atoms with van der Waals surface area (Å²) in [5.41, 5.74) is 0. The fraction of sp³-hybridized carbons (Fsp3) is 0.833. The molecule has 1 unspecified atom stereocenters. The molecule has 0 aromatic rings. The summed E-state index contributed by atoms with van der Waals surface area (Å²) in [6, 6.07) is 0. The summed E-state index contributed by atoms with van der Waals surface area (Å²) in [6.45, 7) is 3.03. The van der Waals surface area contributed by atoms with Crippen LogP contribution in [0.3, 0.4) is 0 Å². The Labute approximate surface area is 55.0 Å². The predicted molar refractivity (Wildman–Crippen MR) is 36.9 cm³/mol. The highest BCUT2D eigenvalue weighted by atomic mass is 32.1. The summed E-state index contributed by atoms with van der Waals surface area (Å²) >= 11 is 4.84. The largest absolute Gasteiger partial charge is 0.487 e. The summed E-state index contributed by atoms with van der Waals surface area (Å²) in [5, 5.41) is 0.803. The van der Waals surface area contributed by atoms with Gasteiger partial charge in [0.25, 0.3) is 0 Å². The highest BCUT2D eigenvalue weighted by Crippen LogP contribution is 2.17. The van der Waals surface area contributed by atoms with Crippen LogP contribution in [0.5, 0.6) is 0 Å². The average molecular weight is 130 g/mol. The van der Waals surface area contributed by atoms with Crippen molar-refractivity contribution in [2.75, 3.05) is 6.61 Å². The lowest BCUT2D eigenvalue weighted by Crippen LogP contribution is -1.94. The summed E-state index contributed by atoms with van der Waals surface area (Å²) in [7, 11) is 0. The van der Waals surface area contributed by atoms with Gasteiger partial charge in [0.1, 0.15) is 0 Å². The Balaban J connectivity index is 2.32. The highest BCUT2D eigenvalue weighted by molar-refractivity contribution is 7.80. The maximum atomic E-state index is 5.09. The van der Waals surface area contributed by atoms with E-state index >= 15 is 0 Å². The van der Waals surface area contributed by atoms with E-state index in [1.165, 1.54) is 6.42 Å². The first-order valence-corrected chi connectivity index (χ1v) is 3.39. The van der Waals surface area contributed by atoms with Crippen molar-refractivity contribution in [3.05, 3.63) is 0 Å². The predicted octanol–water partition coefficient (Wildman–Crippen LogP) is 1.76. The standard InChI is InChI=1S/C6H10OS/c1-2-5-3-6(8)7-4-5/h5H,2-4H2,1H3. The van der Waals surface area contributed by atoms with E-state index < -0.39 is 0 Å². The van der Waals surface area contributed by atoms with Crippen LogP contribution in [-0.4, -0.2) is 11.7 Å². The number of hydrogen-bond acceptors (Lipinski definition) is 2. The molecule has 1 aliphatic rings. The molecule has 1 nitrogen and oxygen atoms in total. The third-order valence-electron chi connectivity index (χ3n) is 1.51. The molecule has 0 radical (unpaired) electrons. The Morgan fingerprint density at radius 2 is 2.62 bits per heavy atom. The fourth-order valence-electron chi connectivity index (χ4n) is 0.827. The molecule has 0 aromatic heterocycles. The van der Waals surface area contributed by atoms with Crippen molar-refractivity contribution in [3.63, 3.8) is 0 Å². The van der Waals surface area contributed by atoms with Gasteiger partial charge in [-0.2, -0.15) is 0 Å². The molecule has 46 valence electrons. The van der Waals surface area contributed by atoms with E-state index in [0.717, 1.165) is 18.1 Å². The van der Waals surface area contributed by atoms with Crippen molar-refractivity contribution in [1.82, 2.24) is 0 Å². The molecule has 1 atom stereocenters. The van der Waals surface area contributed by atoms with Crippen LogP contribution in [0.25, 0.3) is 0 Å². The van der Waals surface area contributed by atoms with E-state index in [0.29, 0.717) is 5.92 Å². The van der Waals surface area contributed by atoms with Crippen LogP contribution in [0, 0.1) is 5.92 Å². The molecule has 0 N–H and O–H groups in total. The third kappa shape index (κ3) is 1.19. The van der Waals surface area contributed by atoms with Gasteiger partial charge < -0.3 is 4.74 Å². The second-order valence-corrected chi connectivity index (χ2v) is 2.62. The lowest BCUT2D eigenvalue weighted by Gasteiger charge is -1.96. The second kappa shape index (κ2) is 2.44. The van der Waals surface area contributed by atoms with Gasteiger partial charge in [-0.1, -0.05) is 6.92 Å². The number of ether oxygens (including phenoxy) is 1. The molecule has 0 saturated carbocycles. The normalized spacial score (nSPS) is 28.1. The average Bonchev–Trinajstić information content (AvgIpc) is 2.14. The minimum atomic E-state index is 0.711. The van der Waals surface area contributed by atoms with Gasteiger partial charge in [0, 0.05) is 12.3 Å². The summed E-state index contributed by atoms with van der Waals surface area (Å²) in [4.78, 5) is 0. The summed E-state index contributed by atoms with van der Waals surface area (Å²) < 4.78 is 5.09. The van der Waals surface area contributed by atoms with Crippen LogP contribution >= 0.6 is 12.2 Å². The van der Waals surface area contributed by atoms with Crippen molar-refractivity contribution in [1.29, 1.82) is 0 Å². The Bertz CT molecular complexity index is 101. The molecule has 0 spiro atoms. The van der Waals surface area contributed by atoms with Crippen LogP contribution in [0.2, 0.25) is 0 Å². The van der Waals surface area contributed by atoms with Crippen molar-refractivity contribution in [3.8, 4) is 0 Å².